The molecule has 1 aliphatic rings. The summed E-state index contributed by atoms with van der Waals surface area (Å²) >= 11 is 0. The van der Waals surface area contributed by atoms with Gasteiger partial charge in [0.25, 0.3) is 0 Å². The SMILES string of the molecule is COC(=O)C1=NNC(C(=O)OC)C(C(=O)OC)C1C(=O)OC. The van der Waals surface area contributed by atoms with Crippen LogP contribution in [0.4, 0.5) is 0 Å². The molecule has 0 amide bonds. The monoisotopic (exact) mass is 316 g/mol. The second-order valence-electron chi connectivity index (χ2n) is 4.17. The Bertz CT molecular complexity index is 515. The van der Waals surface area contributed by atoms with Crippen molar-refractivity contribution in [3.63, 3.8) is 0 Å². The maximum atomic E-state index is 12.0. The molecule has 0 fully saturated rings. The van der Waals surface area contributed by atoms with Crippen molar-refractivity contribution in [3.05, 3.63) is 0 Å². The molecule has 10 heteroatoms. The number of carbonyl (C=O) groups excluding carboxylic acids is 4. The number of hydrazone groups is 1. The molecule has 1 N–H and O–H groups in total. The van der Waals surface area contributed by atoms with Gasteiger partial charge in [0.15, 0.2) is 11.8 Å². The highest BCUT2D eigenvalue weighted by atomic mass is 16.5. The topological polar surface area (TPSA) is 130 Å². The number of hydrogen-bond acceptors (Lipinski definition) is 10. The molecule has 0 bridgehead atoms. The van der Waals surface area contributed by atoms with Crippen LogP contribution in [0.15, 0.2) is 5.10 Å². The zero-order chi connectivity index (χ0) is 16.9. The van der Waals surface area contributed by atoms with Crippen LogP contribution in [0, 0.1) is 11.8 Å². The van der Waals surface area contributed by atoms with Gasteiger partial charge in [-0.05, 0) is 0 Å². The molecule has 1 rings (SSSR count). The molecule has 10 nitrogen and oxygen atoms in total. The Morgan fingerprint density at radius 1 is 0.864 bits per heavy atom. The molecule has 0 aliphatic carbocycles. The number of nitrogens with zero attached hydrogens (tertiary/aromatic N) is 1. The lowest BCUT2D eigenvalue weighted by atomic mass is 9.81. The van der Waals surface area contributed by atoms with Crippen molar-refractivity contribution in [1.29, 1.82) is 0 Å². The number of methoxy groups -OCH3 is 4. The largest absolute Gasteiger partial charge is 0.469 e. The summed E-state index contributed by atoms with van der Waals surface area (Å²) < 4.78 is 18.2. The van der Waals surface area contributed by atoms with Crippen LogP contribution < -0.4 is 5.43 Å². The van der Waals surface area contributed by atoms with Gasteiger partial charge in [-0.3, -0.25) is 15.0 Å². The predicted molar refractivity (Wildman–Crippen MR) is 69.4 cm³/mol. The van der Waals surface area contributed by atoms with Crippen molar-refractivity contribution < 1.29 is 38.1 Å². The fraction of sp³-hybridized carbons (Fsp3) is 0.583. The summed E-state index contributed by atoms with van der Waals surface area (Å²) in [5.74, 6) is -6.49. The lowest BCUT2D eigenvalue weighted by Gasteiger charge is -2.32. The first-order valence-electron chi connectivity index (χ1n) is 6.07. The molecule has 0 aromatic rings. The smallest absolute Gasteiger partial charge is 0.355 e. The van der Waals surface area contributed by atoms with Crippen LogP contribution in [-0.4, -0.2) is 64.1 Å². The first kappa shape index (κ1) is 17.4. The van der Waals surface area contributed by atoms with E-state index in [0.717, 1.165) is 28.4 Å². The molecule has 0 aromatic carbocycles. The molecule has 0 aromatic heterocycles. The van der Waals surface area contributed by atoms with Crippen LogP contribution in [0.2, 0.25) is 0 Å². The first-order chi connectivity index (χ1) is 10.4. The Hall–Kier alpha value is -2.65. The van der Waals surface area contributed by atoms with Crippen LogP contribution >= 0.6 is 0 Å². The molecule has 0 radical (unpaired) electrons. The van der Waals surface area contributed by atoms with E-state index in [1.807, 2.05) is 0 Å². The molecule has 0 saturated carbocycles. The lowest BCUT2D eigenvalue weighted by Crippen LogP contribution is -2.57. The van der Waals surface area contributed by atoms with E-state index in [9.17, 15) is 19.2 Å². The van der Waals surface area contributed by atoms with E-state index >= 15 is 0 Å². The van der Waals surface area contributed by atoms with E-state index in [-0.39, 0.29) is 0 Å². The summed E-state index contributed by atoms with van der Waals surface area (Å²) in [5.41, 5.74) is 1.92. The van der Waals surface area contributed by atoms with Crippen molar-refractivity contribution in [1.82, 2.24) is 5.43 Å². The van der Waals surface area contributed by atoms with E-state index < -0.39 is 47.5 Å². The number of rotatable bonds is 4. The molecule has 3 atom stereocenters. The number of hydrogen-bond donors (Lipinski definition) is 1. The summed E-state index contributed by atoms with van der Waals surface area (Å²) in [6.45, 7) is 0. The van der Waals surface area contributed by atoms with Gasteiger partial charge >= 0.3 is 23.9 Å². The molecule has 122 valence electrons. The van der Waals surface area contributed by atoms with Crippen LogP contribution in [0.25, 0.3) is 0 Å². The summed E-state index contributed by atoms with van der Waals surface area (Å²) in [6.07, 6.45) is 0. The molecule has 1 aliphatic heterocycles. The molecule has 22 heavy (non-hydrogen) atoms. The Balaban J connectivity index is 3.38. The van der Waals surface area contributed by atoms with Gasteiger partial charge in [0.2, 0.25) is 0 Å². The zero-order valence-corrected chi connectivity index (χ0v) is 12.4. The zero-order valence-electron chi connectivity index (χ0n) is 12.4. The van der Waals surface area contributed by atoms with E-state index in [1.54, 1.807) is 0 Å². The standard InChI is InChI=1S/C12H16N2O8/c1-19-9(15)5-6(10(16)20-2)8(12(18)22-4)14-13-7(5)11(17)21-3/h5-7,13H,1-4H3. The first-order valence-corrected chi connectivity index (χ1v) is 6.07. The fourth-order valence-corrected chi connectivity index (χ4v) is 2.05. The third-order valence-corrected chi connectivity index (χ3v) is 3.12. The highest BCUT2D eigenvalue weighted by molar-refractivity contribution is 6.41. The fourth-order valence-electron chi connectivity index (χ4n) is 2.05. The Morgan fingerprint density at radius 2 is 1.41 bits per heavy atom. The van der Waals surface area contributed by atoms with Gasteiger partial charge in [-0.1, -0.05) is 0 Å². The number of esters is 4. The highest BCUT2D eigenvalue weighted by Gasteiger charge is 2.52. The molecule has 1 heterocycles. The van der Waals surface area contributed by atoms with E-state index in [2.05, 4.69) is 29.5 Å². The third kappa shape index (κ3) is 3.15. The summed E-state index contributed by atoms with van der Waals surface area (Å²) in [6, 6.07) is -1.31. The maximum absolute atomic E-state index is 12.0. The Labute approximate surface area is 125 Å². The predicted octanol–water partition coefficient (Wildman–Crippen LogP) is -1.76. The van der Waals surface area contributed by atoms with Gasteiger partial charge in [-0.25, -0.2) is 9.59 Å². The van der Waals surface area contributed by atoms with Crippen LogP contribution in [-0.2, 0) is 38.1 Å². The quantitative estimate of drug-likeness (QED) is 0.473. The van der Waals surface area contributed by atoms with Gasteiger partial charge < -0.3 is 18.9 Å². The molecular weight excluding hydrogens is 300 g/mol. The van der Waals surface area contributed by atoms with Gasteiger partial charge in [0.1, 0.15) is 11.8 Å². The van der Waals surface area contributed by atoms with E-state index in [4.69, 9.17) is 0 Å². The number of ether oxygens (including phenoxy) is 4. The minimum atomic E-state index is -1.46. The molecule has 3 unspecified atom stereocenters. The summed E-state index contributed by atoms with van der Waals surface area (Å²) in [7, 11) is 4.33. The van der Waals surface area contributed by atoms with Crippen LogP contribution in [0.1, 0.15) is 0 Å². The Kier molecular flexibility index (Phi) is 5.84. The number of nitrogens with one attached hydrogen (secondary N) is 1. The molecule has 0 saturated heterocycles. The van der Waals surface area contributed by atoms with Crippen LogP contribution in [0.5, 0.6) is 0 Å². The molecule has 0 spiro atoms. The minimum absolute atomic E-state index is 0.398. The third-order valence-electron chi connectivity index (χ3n) is 3.12. The van der Waals surface area contributed by atoms with E-state index in [1.165, 1.54) is 0 Å². The second-order valence-corrected chi connectivity index (χ2v) is 4.17. The summed E-state index contributed by atoms with van der Waals surface area (Å²) in [4.78, 5) is 47.5. The summed E-state index contributed by atoms with van der Waals surface area (Å²) in [5, 5.41) is 3.65. The average molecular weight is 316 g/mol. The van der Waals surface area contributed by atoms with Gasteiger partial charge in [0, 0.05) is 0 Å². The maximum Gasteiger partial charge on any atom is 0.355 e. The van der Waals surface area contributed by atoms with Gasteiger partial charge in [-0.15, -0.1) is 0 Å². The minimum Gasteiger partial charge on any atom is -0.469 e. The lowest BCUT2D eigenvalue weighted by molar-refractivity contribution is -0.162. The number of carbonyl (C=O) groups is 4. The Morgan fingerprint density at radius 3 is 1.86 bits per heavy atom. The van der Waals surface area contributed by atoms with Crippen molar-refractivity contribution in [2.24, 2.45) is 16.9 Å². The van der Waals surface area contributed by atoms with Crippen molar-refractivity contribution in [2.45, 2.75) is 6.04 Å². The van der Waals surface area contributed by atoms with Crippen molar-refractivity contribution in [2.75, 3.05) is 28.4 Å². The second kappa shape index (κ2) is 7.38. The molecular formula is C12H16N2O8. The van der Waals surface area contributed by atoms with E-state index in [0.29, 0.717) is 0 Å². The van der Waals surface area contributed by atoms with Crippen molar-refractivity contribution in [3.8, 4) is 0 Å². The van der Waals surface area contributed by atoms with Gasteiger partial charge in [0.05, 0.1) is 28.4 Å². The van der Waals surface area contributed by atoms with Crippen molar-refractivity contribution >= 4 is 29.6 Å². The average Bonchev–Trinajstić information content (AvgIpc) is 2.57. The van der Waals surface area contributed by atoms with Gasteiger partial charge in [-0.2, -0.15) is 5.10 Å². The normalized spacial score (nSPS) is 23.5. The highest BCUT2D eigenvalue weighted by Crippen LogP contribution is 2.26. The van der Waals surface area contributed by atoms with Crippen LogP contribution in [0.3, 0.4) is 0 Å².